The molecule has 4 saturated carbocycles. The lowest BCUT2D eigenvalue weighted by atomic mass is 9.54. The molecule has 5 nitrogen and oxygen atoms in total. The molecule has 1 saturated heterocycles. The van der Waals surface area contributed by atoms with Crippen LogP contribution in [0.1, 0.15) is 32.1 Å². The SMILES string of the molecule is O=C1C(=O)N(C2C3CC4CC(C3)CC2C4)C(=O)N1c1ccccc1F. The van der Waals surface area contributed by atoms with E-state index in [1.54, 1.807) is 6.07 Å². The van der Waals surface area contributed by atoms with Crippen molar-refractivity contribution in [2.45, 2.75) is 38.1 Å². The van der Waals surface area contributed by atoms with Crippen LogP contribution >= 0.6 is 0 Å². The Morgan fingerprint density at radius 3 is 2.04 bits per heavy atom. The molecule has 0 N–H and O–H groups in total. The fourth-order valence-corrected chi connectivity index (χ4v) is 5.91. The molecule has 1 aromatic rings. The number of carbonyl (C=O) groups excluding carboxylic acids is 3. The van der Waals surface area contributed by atoms with Crippen LogP contribution in [0, 0.1) is 29.5 Å². The van der Waals surface area contributed by atoms with Crippen LogP contribution in [0.15, 0.2) is 24.3 Å². The van der Waals surface area contributed by atoms with Crippen LogP contribution in [0.2, 0.25) is 0 Å². The maximum Gasteiger partial charge on any atom is 0.339 e. The highest BCUT2D eigenvalue weighted by molar-refractivity contribution is 6.52. The fourth-order valence-electron chi connectivity index (χ4n) is 5.91. The third-order valence-electron chi connectivity index (χ3n) is 6.57. The predicted molar refractivity (Wildman–Crippen MR) is 87.0 cm³/mol. The number of anilines is 1. The quantitative estimate of drug-likeness (QED) is 0.613. The van der Waals surface area contributed by atoms with E-state index in [9.17, 15) is 18.8 Å². The van der Waals surface area contributed by atoms with Crippen molar-refractivity contribution in [3.8, 4) is 0 Å². The van der Waals surface area contributed by atoms with Gasteiger partial charge in [-0.15, -0.1) is 0 Å². The Balaban J connectivity index is 1.51. The summed E-state index contributed by atoms with van der Waals surface area (Å²) in [5, 5.41) is 0. The molecule has 1 heterocycles. The fraction of sp³-hybridized carbons (Fsp3) is 0.526. The number of benzene rings is 1. The minimum Gasteiger partial charge on any atom is -0.263 e. The number of rotatable bonds is 2. The summed E-state index contributed by atoms with van der Waals surface area (Å²) >= 11 is 0. The van der Waals surface area contributed by atoms with Crippen LogP contribution in [0.25, 0.3) is 0 Å². The summed E-state index contributed by atoms with van der Waals surface area (Å²) in [4.78, 5) is 39.9. The van der Waals surface area contributed by atoms with Crippen LogP contribution in [0.3, 0.4) is 0 Å². The summed E-state index contributed by atoms with van der Waals surface area (Å²) in [5.74, 6) is -0.441. The molecule has 6 heteroatoms. The van der Waals surface area contributed by atoms with Gasteiger partial charge in [0.25, 0.3) is 0 Å². The number of nitrogens with zero attached hydrogens (tertiary/aromatic N) is 2. The van der Waals surface area contributed by atoms with E-state index < -0.39 is 23.7 Å². The summed E-state index contributed by atoms with van der Waals surface area (Å²) in [6.45, 7) is 0. The molecule has 1 aromatic carbocycles. The second-order valence-corrected chi connectivity index (χ2v) is 7.97. The van der Waals surface area contributed by atoms with E-state index in [1.807, 2.05) is 0 Å². The minimum absolute atomic E-state index is 0.142. The molecule has 0 atom stereocenters. The van der Waals surface area contributed by atoms with Gasteiger partial charge in [0.15, 0.2) is 0 Å². The second kappa shape index (κ2) is 5.13. The zero-order valence-electron chi connectivity index (χ0n) is 13.7. The summed E-state index contributed by atoms with van der Waals surface area (Å²) < 4.78 is 14.1. The molecule has 1 aliphatic heterocycles. The first kappa shape index (κ1) is 15.0. The molecule has 6 rings (SSSR count). The lowest BCUT2D eigenvalue weighted by Gasteiger charge is -2.55. The summed E-state index contributed by atoms with van der Waals surface area (Å²) in [6, 6.07) is 4.70. The van der Waals surface area contributed by atoms with Crippen molar-refractivity contribution in [2.75, 3.05) is 4.90 Å². The van der Waals surface area contributed by atoms with Gasteiger partial charge in [-0.2, -0.15) is 0 Å². The summed E-state index contributed by atoms with van der Waals surface area (Å²) in [7, 11) is 0. The number of hydrogen-bond acceptors (Lipinski definition) is 3. The van der Waals surface area contributed by atoms with Gasteiger partial charge >= 0.3 is 17.8 Å². The highest BCUT2D eigenvalue weighted by Crippen LogP contribution is 2.55. The highest BCUT2D eigenvalue weighted by atomic mass is 19.1. The molecule has 130 valence electrons. The molecule has 5 fully saturated rings. The Kier molecular flexibility index (Phi) is 3.09. The summed E-state index contributed by atoms with van der Waals surface area (Å²) in [5.41, 5.74) is -0.142. The Labute approximate surface area is 144 Å². The van der Waals surface area contributed by atoms with Crippen molar-refractivity contribution >= 4 is 23.5 Å². The van der Waals surface area contributed by atoms with Gasteiger partial charge in [-0.3, -0.25) is 14.5 Å². The van der Waals surface area contributed by atoms with E-state index in [0.717, 1.165) is 30.6 Å². The first-order valence-corrected chi connectivity index (χ1v) is 9.00. The molecular formula is C19H19FN2O3. The maximum absolute atomic E-state index is 14.1. The van der Waals surface area contributed by atoms with Crippen molar-refractivity contribution in [3.63, 3.8) is 0 Å². The average Bonchev–Trinajstić information content (AvgIpc) is 2.78. The van der Waals surface area contributed by atoms with Crippen LogP contribution < -0.4 is 4.90 Å². The van der Waals surface area contributed by atoms with Crippen molar-refractivity contribution in [2.24, 2.45) is 23.7 Å². The molecule has 4 bridgehead atoms. The largest absolute Gasteiger partial charge is 0.339 e. The van der Waals surface area contributed by atoms with Gasteiger partial charge < -0.3 is 0 Å². The first-order chi connectivity index (χ1) is 12.0. The Hall–Kier alpha value is -2.24. The van der Waals surface area contributed by atoms with Gasteiger partial charge in [0, 0.05) is 6.04 Å². The molecule has 0 unspecified atom stereocenters. The molecule has 25 heavy (non-hydrogen) atoms. The maximum atomic E-state index is 14.1. The Morgan fingerprint density at radius 2 is 1.44 bits per heavy atom. The number of imide groups is 2. The van der Waals surface area contributed by atoms with E-state index in [2.05, 4.69) is 0 Å². The lowest BCUT2D eigenvalue weighted by molar-refractivity contribution is -0.144. The van der Waals surface area contributed by atoms with Crippen molar-refractivity contribution in [1.29, 1.82) is 0 Å². The zero-order chi connectivity index (χ0) is 17.3. The number of amides is 4. The van der Waals surface area contributed by atoms with E-state index in [-0.39, 0.29) is 23.6 Å². The first-order valence-electron chi connectivity index (χ1n) is 9.00. The van der Waals surface area contributed by atoms with Crippen LogP contribution in [-0.2, 0) is 9.59 Å². The van der Waals surface area contributed by atoms with Crippen LogP contribution in [0.5, 0.6) is 0 Å². The number of halogens is 1. The van der Waals surface area contributed by atoms with Crippen molar-refractivity contribution in [1.82, 2.24) is 4.90 Å². The predicted octanol–water partition coefficient (Wildman–Crippen LogP) is 2.95. The normalized spacial score (nSPS) is 36.7. The van der Waals surface area contributed by atoms with Gasteiger partial charge in [0.2, 0.25) is 0 Å². The standard InChI is InChI=1S/C19H19FN2O3/c20-14-3-1-2-4-15(14)21-17(23)18(24)22(19(21)25)16-12-6-10-5-11(8-12)9-13(16)7-10/h1-4,10-13,16H,5-9H2. The van der Waals surface area contributed by atoms with Gasteiger partial charge in [-0.25, -0.2) is 14.1 Å². The Bertz CT molecular complexity index is 765. The van der Waals surface area contributed by atoms with Gasteiger partial charge in [-0.05, 0) is 67.9 Å². The third kappa shape index (κ3) is 2.03. The molecule has 5 aliphatic rings. The number of para-hydroxylation sites is 1. The zero-order valence-corrected chi connectivity index (χ0v) is 13.7. The third-order valence-corrected chi connectivity index (χ3v) is 6.57. The Morgan fingerprint density at radius 1 is 0.840 bits per heavy atom. The van der Waals surface area contributed by atoms with Gasteiger partial charge in [-0.1, -0.05) is 12.1 Å². The average molecular weight is 342 g/mol. The molecule has 0 radical (unpaired) electrons. The number of urea groups is 1. The second-order valence-electron chi connectivity index (χ2n) is 7.97. The van der Waals surface area contributed by atoms with E-state index >= 15 is 0 Å². The number of hydrogen-bond donors (Lipinski definition) is 0. The van der Waals surface area contributed by atoms with Crippen LogP contribution in [-0.4, -0.2) is 28.8 Å². The summed E-state index contributed by atoms with van der Waals surface area (Å²) in [6.07, 6.45) is 5.39. The molecular weight excluding hydrogens is 323 g/mol. The van der Waals surface area contributed by atoms with E-state index in [4.69, 9.17) is 0 Å². The van der Waals surface area contributed by atoms with E-state index in [0.29, 0.717) is 16.7 Å². The van der Waals surface area contributed by atoms with Crippen molar-refractivity contribution in [3.05, 3.63) is 30.1 Å². The minimum atomic E-state index is -0.941. The molecule has 4 aliphatic carbocycles. The topological polar surface area (TPSA) is 57.7 Å². The highest BCUT2D eigenvalue weighted by Gasteiger charge is 2.57. The molecule has 4 amide bonds. The monoisotopic (exact) mass is 342 g/mol. The lowest BCUT2D eigenvalue weighted by Crippen LogP contribution is -2.57. The van der Waals surface area contributed by atoms with Gasteiger partial charge in [0.1, 0.15) is 5.82 Å². The van der Waals surface area contributed by atoms with Gasteiger partial charge in [0.05, 0.1) is 5.69 Å². The smallest absolute Gasteiger partial charge is 0.263 e. The van der Waals surface area contributed by atoms with E-state index in [1.165, 1.54) is 24.6 Å². The molecule has 0 aromatic heterocycles. The number of carbonyl (C=O) groups is 3. The van der Waals surface area contributed by atoms with Crippen molar-refractivity contribution < 1.29 is 18.8 Å². The molecule has 0 spiro atoms. The van der Waals surface area contributed by atoms with Crippen LogP contribution in [0.4, 0.5) is 14.9 Å².